The first-order chi connectivity index (χ1) is 11.5. The van der Waals surface area contributed by atoms with Crippen LogP contribution in [0.25, 0.3) is 0 Å². The van der Waals surface area contributed by atoms with Crippen LogP contribution in [0.5, 0.6) is 0 Å². The molecule has 0 spiro atoms. The minimum atomic E-state index is -3.58. The first-order valence-electron chi connectivity index (χ1n) is 7.74. The van der Waals surface area contributed by atoms with Crippen molar-refractivity contribution in [3.63, 3.8) is 0 Å². The van der Waals surface area contributed by atoms with E-state index in [9.17, 15) is 13.2 Å². The van der Waals surface area contributed by atoms with Crippen LogP contribution in [-0.4, -0.2) is 49.7 Å². The Morgan fingerprint density at radius 2 is 1.71 bits per heavy atom. The van der Waals surface area contributed by atoms with Gasteiger partial charge in [-0.2, -0.15) is 4.31 Å². The second kappa shape index (κ2) is 6.70. The summed E-state index contributed by atoms with van der Waals surface area (Å²) in [6.07, 6.45) is 3.46. The minimum absolute atomic E-state index is 0.144. The van der Waals surface area contributed by atoms with Gasteiger partial charge in [0.15, 0.2) is 5.78 Å². The van der Waals surface area contributed by atoms with E-state index >= 15 is 0 Å². The van der Waals surface area contributed by atoms with Crippen LogP contribution in [-0.2, 0) is 10.0 Å². The molecule has 2 aromatic rings. The Bertz CT molecular complexity index is 829. The Morgan fingerprint density at radius 3 is 2.33 bits per heavy atom. The number of sulfonamides is 1. The Hall–Kier alpha value is -2.25. The molecular formula is C17H19N3O3S. The molecule has 0 aliphatic carbocycles. The third-order valence-corrected chi connectivity index (χ3v) is 6.04. The van der Waals surface area contributed by atoms with Gasteiger partial charge in [-0.25, -0.2) is 8.42 Å². The van der Waals surface area contributed by atoms with Crippen molar-refractivity contribution in [1.29, 1.82) is 0 Å². The van der Waals surface area contributed by atoms with Gasteiger partial charge in [0.05, 0.1) is 4.90 Å². The molecule has 24 heavy (non-hydrogen) atoms. The summed E-state index contributed by atoms with van der Waals surface area (Å²) in [6.45, 7) is 3.49. The maximum atomic E-state index is 12.8. The number of benzene rings is 1. The number of piperazine rings is 1. The lowest BCUT2D eigenvalue weighted by Gasteiger charge is -2.35. The molecule has 6 nitrogen and oxygen atoms in total. The minimum Gasteiger partial charge on any atom is -0.369 e. The summed E-state index contributed by atoms with van der Waals surface area (Å²) < 4.78 is 27.1. The fraction of sp³-hybridized carbons (Fsp3) is 0.294. The standard InChI is InChI=1S/C17H19N3O3S/c1-14(21)15-3-2-4-17(13-15)24(22,23)20-11-9-19(10-12-20)16-5-7-18-8-6-16/h2-8,13H,9-12H2,1H3. The highest BCUT2D eigenvalue weighted by molar-refractivity contribution is 7.89. The lowest BCUT2D eigenvalue weighted by atomic mass is 10.2. The van der Waals surface area contributed by atoms with Gasteiger partial charge in [-0.3, -0.25) is 9.78 Å². The third kappa shape index (κ3) is 3.32. The zero-order chi connectivity index (χ0) is 17.2. The van der Waals surface area contributed by atoms with E-state index in [2.05, 4.69) is 9.88 Å². The number of carbonyl (C=O) groups excluding carboxylic acids is 1. The first-order valence-corrected chi connectivity index (χ1v) is 9.18. The summed E-state index contributed by atoms with van der Waals surface area (Å²) in [5, 5.41) is 0. The van der Waals surface area contributed by atoms with Crippen molar-refractivity contribution in [3.8, 4) is 0 Å². The molecule has 0 bridgehead atoms. The van der Waals surface area contributed by atoms with Crippen LogP contribution >= 0.6 is 0 Å². The summed E-state index contributed by atoms with van der Waals surface area (Å²) in [6, 6.07) is 10.1. The molecule has 1 aliphatic rings. The third-order valence-electron chi connectivity index (χ3n) is 4.14. The van der Waals surface area contributed by atoms with E-state index in [1.165, 1.54) is 23.4 Å². The smallest absolute Gasteiger partial charge is 0.243 e. The van der Waals surface area contributed by atoms with E-state index in [1.54, 1.807) is 24.5 Å². The molecule has 1 aromatic heterocycles. The highest BCUT2D eigenvalue weighted by Gasteiger charge is 2.28. The molecule has 1 fully saturated rings. The van der Waals surface area contributed by atoms with Crippen molar-refractivity contribution < 1.29 is 13.2 Å². The lowest BCUT2D eigenvalue weighted by Crippen LogP contribution is -2.48. The molecule has 126 valence electrons. The quantitative estimate of drug-likeness (QED) is 0.790. The van der Waals surface area contributed by atoms with Crippen LogP contribution < -0.4 is 4.90 Å². The lowest BCUT2D eigenvalue weighted by molar-refractivity contribution is 0.101. The van der Waals surface area contributed by atoms with Gasteiger partial charge in [-0.15, -0.1) is 0 Å². The molecule has 0 atom stereocenters. The number of hydrogen-bond donors (Lipinski definition) is 0. The van der Waals surface area contributed by atoms with Gasteiger partial charge in [-0.05, 0) is 31.2 Å². The number of rotatable bonds is 4. The van der Waals surface area contributed by atoms with E-state index < -0.39 is 10.0 Å². The monoisotopic (exact) mass is 345 g/mol. The maximum Gasteiger partial charge on any atom is 0.243 e. The molecule has 3 rings (SSSR count). The average Bonchev–Trinajstić information content (AvgIpc) is 2.62. The summed E-state index contributed by atoms with van der Waals surface area (Å²) in [4.78, 5) is 17.8. The van der Waals surface area contributed by atoms with Gasteiger partial charge in [0.1, 0.15) is 0 Å². The Balaban J connectivity index is 1.75. The molecule has 1 aromatic carbocycles. The van der Waals surface area contributed by atoms with Gasteiger partial charge in [-0.1, -0.05) is 12.1 Å². The van der Waals surface area contributed by atoms with Crippen LogP contribution in [0.3, 0.4) is 0 Å². The topological polar surface area (TPSA) is 70.6 Å². The number of Topliss-reactive ketones (excluding diaryl/α,β-unsaturated/α-hetero) is 1. The SMILES string of the molecule is CC(=O)c1cccc(S(=O)(=O)N2CCN(c3ccncc3)CC2)c1. The molecule has 1 saturated heterocycles. The van der Waals surface area contributed by atoms with E-state index in [4.69, 9.17) is 0 Å². The van der Waals surface area contributed by atoms with Crippen molar-refractivity contribution in [2.45, 2.75) is 11.8 Å². The summed E-state index contributed by atoms with van der Waals surface area (Å²) in [5.41, 5.74) is 1.45. The number of aromatic nitrogens is 1. The van der Waals surface area contributed by atoms with E-state index in [-0.39, 0.29) is 10.7 Å². The van der Waals surface area contributed by atoms with Crippen molar-refractivity contribution in [3.05, 3.63) is 54.4 Å². The Kier molecular flexibility index (Phi) is 4.64. The fourth-order valence-electron chi connectivity index (χ4n) is 2.77. The van der Waals surface area contributed by atoms with Crippen molar-refractivity contribution in [1.82, 2.24) is 9.29 Å². The molecule has 0 N–H and O–H groups in total. The Labute approximate surface area is 141 Å². The average molecular weight is 345 g/mol. The van der Waals surface area contributed by atoms with Gasteiger partial charge in [0.2, 0.25) is 10.0 Å². The van der Waals surface area contributed by atoms with E-state index in [0.29, 0.717) is 31.7 Å². The van der Waals surface area contributed by atoms with Gasteiger partial charge >= 0.3 is 0 Å². The molecule has 0 unspecified atom stereocenters. The molecular weight excluding hydrogens is 326 g/mol. The first kappa shape index (κ1) is 16.6. The number of ketones is 1. The second-order valence-electron chi connectivity index (χ2n) is 5.68. The predicted molar refractivity (Wildman–Crippen MR) is 91.7 cm³/mol. The van der Waals surface area contributed by atoms with Crippen LogP contribution in [0.1, 0.15) is 17.3 Å². The number of carbonyl (C=O) groups is 1. The van der Waals surface area contributed by atoms with Crippen molar-refractivity contribution in [2.75, 3.05) is 31.1 Å². The van der Waals surface area contributed by atoms with E-state index in [0.717, 1.165) is 5.69 Å². The van der Waals surface area contributed by atoms with Crippen molar-refractivity contribution in [2.24, 2.45) is 0 Å². The van der Waals surface area contributed by atoms with Crippen LogP contribution in [0.15, 0.2) is 53.7 Å². The number of pyridine rings is 1. The molecule has 0 amide bonds. The summed E-state index contributed by atoms with van der Waals surface area (Å²) in [7, 11) is -3.58. The zero-order valence-corrected chi connectivity index (χ0v) is 14.2. The second-order valence-corrected chi connectivity index (χ2v) is 7.62. The maximum absolute atomic E-state index is 12.8. The molecule has 2 heterocycles. The summed E-state index contributed by atoms with van der Waals surface area (Å²) in [5.74, 6) is -0.144. The highest BCUT2D eigenvalue weighted by Crippen LogP contribution is 2.21. The fourth-order valence-corrected chi connectivity index (χ4v) is 4.23. The van der Waals surface area contributed by atoms with Crippen LogP contribution in [0, 0.1) is 0 Å². The normalized spacial score (nSPS) is 16.1. The Morgan fingerprint density at radius 1 is 1.04 bits per heavy atom. The molecule has 1 aliphatic heterocycles. The number of hydrogen-bond acceptors (Lipinski definition) is 5. The van der Waals surface area contributed by atoms with Gasteiger partial charge < -0.3 is 4.90 Å². The van der Waals surface area contributed by atoms with Crippen LogP contribution in [0.2, 0.25) is 0 Å². The zero-order valence-electron chi connectivity index (χ0n) is 13.4. The largest absolute Gasteiger partial charge is 0.369 e. The van der Waals surface area contributed by atoms with Gasteiger partial charge in [0.25, 0.3) is 0 Å². The number of anilines is 1. The van der Waals surface area contributed by atoms with Crippen LogP contribution in [0.4, 0.5) is 5.69 Å². The predicted octanol–water partition coefficient (Wildman–Crippen LogP) is 1.80. The van der Waals surface area contributed by atoms with E-state index in [1.807, 2.05) is 12.1 Å². The number of nitrogens with zero attached hydrogens (tertiary/aromatic N) is 3. The molecule has 0 radical (unpaired) electrons. The highest BCUT2D eigenvalue weighted by atomic mass is 32.2. The van der Waals surface area contributed by atoms with Crippen molar-refractivity contribution >= 4 is 21.5 Å². The summed E-state index contributed by atoms with van der Waals surface area (Å²) >= 11 is 0. The van der Waals surface area contributed by atoms with Gasteiger partial charge in [0, 0.05) is 49.8 Å². The molecule has 0 saturated carbocycles. The molecule has 7 heteroatoms.